The van der Waals surface area contributed by atoms with Crippen LogP contribution in [-0.4, -0.2) is 21.4 Å². The van der Waals surface area contributed by atoms with Crippen molar-refractivity contribution in [2.24, 2.45) is 7.05 Å². The van der Waals surface area contributed by atoms with Gasteiger partial charge < -0.3 is 15.2 Å². The molecular weight excluding hydrogens is 340 g/mol. The van der Waals surface area contributed by atoms with Crippen molar-refractivity contribution in [2.45, 2.75) is 18.9 Å². The van der Waals surface area contributed by atoms with E-state index in [2.05, 4.69) is 15.6 Å². The zero-order chi connectivity index (χ0) is 18.8. The topological polar surface area (TPSA) is 76.0 Å². The number of carbonyl (C=O) groups excluding carboxylic acids is 2. The maximum absolute atomic E-state index is 12.9. The summed E-state index contributed by atoms with van der Waals surface area (Å²) < 4.78 is 1.90. The normalized spacial score (nSPS) is 14.2. The molecule has 1 aliphatic rings. The number of hydrogen-bond donors (Lipinski definition) is 2. The van der Waals surface area contributed by atoms with Gasteiger partial charge in [0.2, 0.25) is 5.91 Å². The molecule has 2 heterocycles. The summed E-state index contributed by atoms with van der Waals surface area (Å²) in [5, 5.41) is 5.94. The molecule has 1 aliphatic heterocycles. The van der Waals surface area contributed by atoms with Crippen LogP contribution >= 0.6 is 0 Å². The van der Waals surface area contributed by atoms with Crippen LogP contribution in [0, 0.1) is 0 Å². The van der Waals surface area contributed by atoms with Crippen molar-refractivity contribution in [2.75, 3.05) is 5.32 Å². The smallest absolute Gasteiger partial charge is 0.252 e. The van der Waals surface area contributed by atoms with Gasteiger partial charge in [-0.25, -0.2) is 4.98 Å². The molecule has 1 atom stereocenters. The Hall–Kier alpha value is -3.41. The Morgan fingerprint density at radius 2 is 2.00 bits per heavy atom. The van der Waals surface area contributed by atoms with Crippen LogP contribution in [0.15, 0.2) is 60.9 Å². The number of aromatic nitrogens is 2. The molecule has 0 bridgehead atoms. The monoisotopic (exact) mass is 360 g/mol. The minimum Gasteiger partial charge on any atom is -0.338 e. The lowest BCUT2D eigenvalue weighted by Gasteiger charge is -2.21. The van der Waals surface area contributed by atoms with Gasteiger partial charge in [0.15, 0.2) is 0 Å². The van der Waals surface area contributed by atoms with Gasteiger partial charge >= 0.3 is 0 Å². The van der Waals surface area contributed by atoms with Crippen LogP contribution in [0.2, 0.25) is 0 Å². The lowest BCUT2D eigenvalue weighted by Crippen LogP contribution is -2.31. The highest BCUT2D eigenvalue weighted by Crippen LogP contribution is 2.25. The highest BCUT2D eigenvalue weighted by atomic mass is 16.2. The number of fused-ring (bicyclic) bond motifs is 1. The Balaban J connectivity index is 1.63. The summed E-state index contributed by atoms with van der Waals surface area (Å²) in [6.07, 6.45) is 4.67. The molecule has 0 fully saturated rings. The Morgan fingerprint density at radius 3 is 2.74 bits per heavy atom. The molecule has 2 N–H and O–H groups in total. The van der Waals surface area contributed by atoms with Crippen LogP contribution < -0.4 is 10.6 Å². The third-order valence-electron chi connectivity index (χ3n) is 4.79. The molecule has 0 aliphatic carbocycles. The number of benzene rings is 2. The molecule has 4 rings (SSSR count). The van der Waals surface area contributed by atoms with Gasteiger partial charge in [-0.3, -0.25) is 9.59 Å². The van der Waals surface area contributed by atoms with Crippen molar-refractivity contribution in [1.29, 1.82) is 0 Å². The summed E-state index contributed by atoms with van der Waals surface area (Å²) in [6, 6.07) is 14.8. The lowest BCUT2D eigenvalue weighted by atomic mass is 9.99. The quantitative estimate of drug-likeness (QED) is 0.751. The second-order valence-electron chi connectivity index (χ2n) is 6.63. The Bertz CT molecular complexity index is 994. The first-order valence-corrected chi connectivity index (χ1v) is 8.87. The molecule has 0 saturated heterocycles. The molecule has 0 spiro atoms. The van der Waals surface area contributed by atoms with Crippen LogP contribution in [0.3, 0.4) is 0 Å². The first-order valence-electron chi connectivity index (χ1n) is 8.87. The standard InChI is InChI=1S/C21H20N4O2/c1-25-12-11-22-20(25)19(14-5-3-2-4-6-14)24-21(27)16-7-9-17-15(13-16)8-10-18(26)23-17/h2-7,9,11-13,19H,8,10H2,1H3,(H,23,26)(H,24,27)/t19-/m1/s1. The highest BCUT2D eigenvalue weighted by molar-refractivity contribution is 5.98. The molecule has 3 aromatic rings. The molecule has 0 saturated carbocycles. The van der Waals surface area contributed by atoms with E-state index in [-0.39, 0.29) is 17.9 Å². The number of imidazole rings is 1. The molecule has 6 heteroatoms. The number of rotatable bonds is 4. The van der Waals surface area contributed by atoms with E-state index in [0.717, 1.165) is 22.6 Å². The summed E-state index contributed by atoms with van der Waals surface area (Å²) in [7, 11) is 1.91. The minimum atomic E-state index is -0.352. The Morgan fingerprint density at radius 1 is 1.19 bits per heavy atom. The number of aryl methyl sites for hydroxylation is 2. The number of anilines is 1. The summed E-state index contributed by atoms with van der Waals surface area (Å²) >= 11 is 0. The molecule has 0 radical (unpaired) electrons. The van der Waals surface area contributed by atoms with Crippen LogP contribution in [0.25, 0.3) is 0 Å². The van der Waals surface area contributed by atoms with Crippen molar-refractivity contribution in [1.82, 2.24) is 14.9 Å². The molecule has 136 valence electrons. The number of hydrogen-bond acceptors (Lipinski definition) is 3. The fourth-order valence-electron chi connectivity index (χ4n) is 3.34. The minimum absolute atomic E-state index is 0.0126. The lowest BCUT2D eigenvalue weighted by molar-refractivity contribution is -0.116. The molecule has 6 nitrogen and oxygen atoms in total. The maximum Gasteiger partial charge on any atom is 0.252 e. The van der Waals surface area contributed by atoms with E-state index in [9.17, 15) is 9.59 Å². The average molecular weight is 360 g/mol. The van der Waals surface area contributed by atoms with Gasteiger partial charge in [-0.2, -0.15) is 0 Å². The van der Waals surface area contributed by atoms with E-state index in [4.69, 9.17) is 0 Å². The number of amides is 2. The first kappa shape index (κ1) is 17.0. The summed E-state index contributed by atoms with van der Waals surface area (Å²) in [5.74, 6) is 0.602. The van der Waals surface area contributed by atoms with Gasteiger partial charge in [0, 0.05) is 37.1 Å². The maximum atomic E-state index is 12.9. The van der Waals surface area contributed by atoms with E-state index in [0.29, 0.717) is 18.4 Å². The van der Waals surface area contributed by atoms with Crippen molar-refractivity contribution in [3.8, 4) is 0 Å². The number of nitrogens with one attached hydrogen (secondary N) is 2. The highest BCUT2D eigenvalue weighted by Gasteiger charge is 2.22. The van der Waals surface area contributed by atoms with Crippen molar-refractivity contribution >= 4 is 17.5 Å². The van der Waals surface area contributed by atoms with Crippen LogP contribution in [0.4, 0.5) is 5.69 Å². The second kappa shape index (κ2) is 7.07. The molecule has 0 unspecified atom stereocenters. The average Bonchev–Trinajstić information content (AvgIpc) is 3.11. The van der Waals surface area contributed by atoms with Gasteiger partial charge in [-0.05, 0) is 35.7 Å². The summed E-state index contributed by atoms with van der Waals surface area (Å²) in [5.41, 5.74) is 3.30. The Labute approximate surface area is 157 Å². The van der Waals surface area contributed by atoms with Crippen LogP contribution in [0.1, 0.15) is 39.8 Å². The number of carbonyl (C=O) groups is 2. The Kier molecular flexibility index (Phi) is 4.46. The largest absolute Gasteiger partial charge is 0.338 e. The van der Waals surface area contributed by atoms with Crippen molar-refractivity contribution in [3.63, 3.8) is 0 Å². The predicted molar refractivity (Wildman–Crippen MR) is 102 cm³/mol. The van der Waals surface area contributed by atoms with Crippen LogP contribution in [-0.2, 0) is 18.3 Å². The molecule has 2 amide bonds. The summed E-state index contributed by atoms with van der Waals surface area (Å²) in [6.45, 7) is 0. The zero-order valence-corrected chi connectivity index (χ0v) is 15.0. The van der Waals surface area contributed by atoms with Crippen LogP contribution in [0.5, 0.6) is 0 Å². The van der Waals surface area contributed by atoms with Gasteiger partial charge in [0.05, 0.1) is 0 Å². The van der Waals surface area contributed by atoms with Gasteiger partial charge in [-0.1, -0.05) is 30.3 Å². The molecule has 27 heavy (non-hydrogen) atoms. The zero-order valence-electron chi connectivity index (χ0n) is 15.0. The van der Waals surface area contributed by atoms with Gasteiger partial charge in [-0.15, -0.1) is 0 Å². The van der Waals surface area contributed by atoms with Gasteiger partial charge in [0.1, 0.15) is 11.9 Å². The van der Waals surface area contributed by atoms with E-state index < -0.39 is 0 Å². The predicted octanol–water partition coefficient (Wildman–Crippen LogP) is 2.82. The van der Waals surface area contributed by atoms with Gasteiger partial charge in [0.25, 0.3) is 5.91 Å². The second-order valence-corrected chi connectivity index (χ2v) is 6.63. The molecular formula is C21H20N4O2. The SMILES string of the molecule is Cn1ccnc1[C@H](NC(=O)c1ccc2c(c1)CCC(=O)N2)c1ccccc1. The summed E-state index contributed by atoms with van der Waals surface area (Å²) in [4.78, 5) is 28.9. The molecule has 2 aromatic carbocycles. The van der Waals surface area contributed by atoms with Crippen molar-refractivity contribution in [3.05, 3.63) is 83.4 Å². The fraction of sp³-hybridized carbons (Fsp3) is 0.190. The third-order valence-corrected chi connectivity index (χ3v) is 4.79. The third kappa shape index (κ3) is 3.46. The molecule has 1 aromatic heterocycles. The van der Waals surface area contributed by atoms with E-state index >= 15 is 0 Å². The van der Waals surface area contributed by atoms with Crippen molar-refractivity contribution < 1.29 is 9.59 Å². The van der Waals surface area contributed by atoms with E-state index in [1.165, 1.54) is 0 Å². The first-order chi connectivity index (χ1) is 13.1. The van der Waals surface area contributed by atoms with E-state index in [1.54, 1.807) is 18.3 Å². The van der Waals surface area contributed by atoms with E-state index in [1.807, 2.05) is 54.2 Å². The number of nitrogens with zero attached hydrogens (tertiary/aromatic N) is 2. The fourth-order valence-corrected chi connectivity index (χ4v) is 3.34.